The molecule has 8 aliphatic rings. The quantitative estimate of drug-likeness (QED) is 0.0417. The van der Waals surface area contributed by atoms with E-state index in [1.807, 2.05) is 41.5 Å². The van der Waals surface area contributed by atoms with Crippen LogP contribution in [0.4, 0.5) is 62.7 Å². The predicted molar refractivity (Wildman–Crippen MR) is 468 cm³/mol. The van der Waals surface area contributed by atoms with Crippen molar-refractivity contribution in [2.75, 3.05) is 93.2 Å². The van der Waals surface area contributed by atoms with E-state index >= 15 is 0 Å². The van der Waals surface area contributed by atoms with Crippen LogP contribution in [0.2, 0.25) is 0 Å². The number of urea groups is 4. The molecule has 0 saturated carbocycles. The molecular weight excluding hydrogens is 1670 g/mol. The summed E-state index contributed by atoms with van der Waals surface area (Å²) in [4.78, 5) is 210. The first kappa shape index (κ1) is 90.2. The number of likely N-dealkylation sites (tertiary alicyclic amines) is 4. The highest BCUT2D eigenvalue weighted by Gasteiger charge is 2.58. The average Bonchev–Trinajstić information content (AvgIpc) is 1.61. The van der Waals surface area contributed by atoms with Gasteiger partial charge in [0.15, 0.2) is 20.5 Å². The van der Waals surface area contributed by atoms with Crippen molar-refractivity contribution in [3.8, 4) is 0 Å². The van der Waals surface area contributed by atoms with E-state index in [1.165, 1.54) is 82.8 Å². The standard InChI is InChI=1S/2C21H26N6O3S.2C20H25N7O3S/c2*1-12-9-16(10-13(2)23-12)27-18(29)21(25-20(27)30)5-7-26(8-6-21)14(3)17-11-22-19(31-17)24-15(4)28;2*1-11-9-16(23-13(3)22-11)27-17(29)20(25-19(27)30)5-7-26(8-6-20)12(2)15-10-21-18(31-15)24-14(4)28/h2*9-11,14H,5-8H2,1-4H3,(H,25,30)(H,22,24,28);2*9-10,12H,5-8H2,1-4H3,(H,25,30)(H,21,24,28)/t2*14-;2*12-/m1010/s1. The number of amides is 16. The molecule has 8 aliphatic heterocycles. The Kier molecular flexibility index (Phi) is 26.7. The van der Waals surface area contributed by atoms with Crippen molar-refractivity contribution >= 4 is 160 Å². The van der Waals surface area contributed by atoms with E-state index in [4.69, 9.17) is 0 Å². The highest BCUT2D eigenvalue weighted by molar-refractivity contribution is 7.16. The van der Waals surface area contributed by atoms with Crippen LogP contribution in [-0.4, -0.2) is 215 Å². The first-order valence-corrected chi connectivity index (χ1v) is 44.1. The molecule has 16 rings (SSSR count). The minimum absolute atomic E-state index is 0.0906. The van der Waals surface area contributed by atoms with Crippen molar-refractivity contribution in [3.63, 3.8) is 0 Å². The highest BCUT2D eigenvalue weighted by Crippen LogP contribution is 2.43. The van der Waals surface area contributed by atoms with E-state index in [9.17, 15) is 57.5 Å². The lowest BCUT2D eigenvalue weighted by atomic mass is 9.86. The highest BCUT2D eigenvalue weighted by atomic mass is 32.1. The molecule has 0 unspecified atom stereocenters. The zero-order valence-corrected chi connectivity index (χ0v) is 75.2. The van der Waals surface area contributed by atoms with Gasteiger partial charge < -0.3 is 42.5 Å². The van der Waals surface area contributed by atoms with Gasteiger partial charge in [-0.3, -0.25) is 67.9 Å². The Labute approximate surface area is 732 Å². The number of aromatic nitrogens is 10. The van der Waals surface area contributed by atoms with Crippen LogP contribution in [0.15, 0.2) is 61.2 Å². The second-order valence-corrected chi connectivity index (χ2v) is 36.7. The molecule has 38 nitrogen and oxygen atoms in total. The molecule has 656 valence electrons. The average molecular weight is 1770 g/mol. The Balaban J connectivity index is 0.000000142. The van der Waals surface area contributed by atoms with Gasteiger partial charge in [-0.1, -0.05) is 0 Å². The molecule has 124 heavy (non-hydrogen) atoms. The van der Waals surface area contributed by atoms with Crippen LogP contribution in [0, 0.1) is 55.4 Å². The van der Waals surface area contributed by atoms with Crippen LogP contribution >= 0.6 is 45.3 Å². The van der Waals surface area contributed by atoms with Gasteiger partial charge in [-0.25, -0.2) is 78.6 Å². The fourth-order valence-electron chi connectivity index (χ4n) is 16.9. The van der Waals surface area contributed by atoms with Crippen LogP contribution in [0.25, 0.3) is 0 Å². The summed E-state index contributed by atoms with van der Waals surface area (Å²) < 4.78 is 0. The topological polar surface area (TPSA) is 456 Å². The number of nitrogens with one attached hydrogen (secondary N) is 8. The second-order valence-electron chi connectivity index (χ2n) is 32.5. The number of rotatable bonds is 16. The summed E-state index contributed by atoms with van der Waals surface area (Å²) in [6, 6.07) is 9.10. The number of nitrogens with zero attached hydrogens (tertiary/aromatic N) is 18. The van der Waals surface area contributed by atoms with Crippen molar-refractivity contribution in [1.29, 1.82) is 0 Å². The Morgan fingerprint density at radius 3 is 0.750 bits per heavy atom. The van der Waals surface area contributed by atoms with Gasteiger partial charge in [0.25, 0.3) is 23.6 Å². The number of imide groups is 4. The van der Waals surface area contributed by atoms with Crippen LogP contribution in [0.3, 0.4) is 0 Å². The molecule has 8 fully saturated rings. The number of pyridine rings is 2. The van der Waals surface area contributed by atoms with Crippen LogP contribution in [-0.2, 0) is 38.4 Å². The number of thiazole rings is 4. The maximum atomic E-state index is 13.3. The van der Waals surface area contributed by atoms with Crippen molar-refractivity contribution < 1.29 is 57.5 Å². The molecule has 0 radical (unpaired) electrons. The molecule has 8 saturated heterocycles. The Morgan fingerprint density at radius 1 is 0.323 bits per heavy atom. The molecule has 0 aliphatic carbocycles. The minimum atomic E-state index is -0.908. The van der Waals surface area contributed by atoms with E-state index in [0.717, 1.165) is 52.1 Å². The monoisotopic (exact) mass is 1770 g/mol. The van der Waals surface area contributed by atoms with E-state index in [-0.39, 0.29) is 83.5 Å². The van der Waals surface area contributed by atoms with Crippen LogP contribution in [0.1, 0.15) is 196 Å². The van der Waals surface area contributed by atoms with E-state index < -0.39 is 34.2 Å². The lowest BCUT2D eigenvalue weighted by molar-refractivity contribution is -0.124. The molecule has 8 aromatic heterocycles. The zero-order valence-electron chi connectivity index (χ0n) is 72.0. The van der Waals surface area contributed by atoms with E-state index in [1.54, 1.807) is 75.0 Å². The molecular formula is C82H102N26O12S4. The maximum absolute atomic E-state index is 13.3. The SMILES string of the molecule is CC(=O)Nc1ncc([C@@H](C)N2CCC3(CC2)NC(=O)N(c2cc(C)nc(C)c2)C3=O)s1.CC(=O)Nc1ncc([C@@H](C)N2CCC3(CC2)NC(=O)N(c2cc(C)nc(C)n2)C3=O)s1.CC(=O)Nc1ncc([C@H](C)N2CCC3(CC2)NC(=O)N(c2cc(C)nc(C)c2)C3=O)s1.CC(=O)Nc1ncc([C@H](C)N2CCC3(CC2)NC(=O)N(c2cc(C)nc(C)n2)C3=O)s1. The lowest BCUT2D eigenvalue weighted by Crippen LogP contribution is -2.55. The number of carbonyl (C=O) groups excluding carboxylic acids is 12. The summed E-state index contributed by atoms with van der Waals surface area (Å²) in [6.07, 6.45) is 11.3. The lowest BCUT2D eigenvalue weighted by Gasteiger charge is -2.39. The largest absolute Gasteiger partial charge is 0.330 e. The number of anilines is 8. The van der Waals surface area contributed by atoms with E-state index in [2.05, 4.69) is 140 Å². The van der Waals surface area contributed by atoms with Crippen molar-refractivity contribution in [3.05, 3.63) is 127 Å². The summed E-state index contributed by atoms with van der Waals surface area (Å²) in [7, 11) is 0. The molecule has 42 heteroatoms. The number of piperidine rings is 4. The smallest absolute Gasteiger partial charge is 0.323 e. The maximum Gasteiger partial charge on any atom is 0.330 e. The molecule has 8 N–H and O–H groups in total. The van der Waals surface area contributed by atoms with Gasteiger partial charge in [-0.15, -0.1) is 45.3 Å². The normalized spacial score (nSPS) is 19.5. The molecule has 4 atom stereocenters. The van der Waals surface area contributed by atoms with Gasteiger partial charge in [0.05, 0.1) is 11.4 Å². The molecule has 8 aromatic rings. The van der Waals surface area contributed by atoms with Gasteiger partial charge in [0.2, 0.25) is 23.6 Å². The molecule has 0 bridgehead atoms. The Bertz CT molecular complexity index is 4760. The first-order chi connectivity index (χ1) is 58.7. The first-order valence-electron chi connectivity index (χ1n) is 40.9. The van der Waals surface area contributed by atoms with Gasteiger partial charge in [0, 0.05) is 195 Å². The summed E-state index contributed by atoms with van der Waals surface area (Å²) in [5.41, 5.74) is 2.06. The minimum Gasteiger partial charge on any atom is -0.323 e. The number of aryl methyl sites for hydroxylation is 8. The third-order valence-corrected chi connectivity index (χ3v) is 27.7. The summed E-state index contributed by atoms with van der Waals surface area (Å²) >= 11 is 5.79. The fourth-order valence-corrected chi connectivity index (χ4v) is 20.7. The Morgan fingerprint density at radius 2 is 0.532 bits per heavy atom. The van der Waals surface area contributed by atoms with Crippen LogP contribution < -0.4 is 62.1 Å². The van der Waals surface area contributed by atoms with Crippen LogP contribution in [0.5, 0.6) is 0 Å². The van der Waals surface area contributed by atoms with Gasteiger partial charge >= 0.3 is 24.1 Å². The zero-order chi connectivity index (χ0) is 89.3. The molecule has 16 heterocycles. The third kappa shape index (κ3) is 19.5. The van der Waals surface area contributed by atoms with Crippen molar-refractivity contribution in [2.45, 2.75) is 208 Å². The predicted octanol–water partition coefficient (Wildman–Crippen LogP) is 9.85. The summed E-state index contributed by atoms with van der Waals surface area (Å²) in [6.45, 7) is 33.9. The summed E-state index contributed by atoms with van der Waals surface area (Å²) in [5, 5.41) is 24.9. The number of hydrogen-bond donors (Lipinski definition) is 8. The molecule has 4 spiro atoms. The summed E-state index contributed by atoms with van der Waals surface area (Å²) in [5.74, 6) is 0.172. The number of carbonyl (C=O) groups is 12. The Hall–Kier alpha value is -11.5. The van der Waals surface area contributed by atoms with Crippen molar-refractivity contribution in [1.82, 2.24) is 90.7 Å². The number of hydrogen-bond acceptors (Lipinski definition) is 30. The fraction of sp³-hybridized carbons (Fsp3) is 0.488. The van der Waals surface area contributed by atoms with Crippen molar-refractivity contribution in [2.24, 2.45) is 0 Å². The van der Waals surface area contributed by atoms with Gasteiger partial charge in [-0.2, -0.15) is 0 Å². The molecule has 16 amide bonds. The third-order valence-electron chi connectivity index (χ3n) is 23.3. The van der Waals surface area contributed by atoms with Gasteiger partial charge in [-0.05, 0) is 159 Å². The second kappa shape index (κ2) is 36.7. The molecule has 0 aromatic carbocycles. The van der Waals surface area contributed by atoms with Gasteiger partial charge in [0.1, 0.15) is 45.4 Å². The van der Waals surface area contributed by atoms with E-state index in [0.29, 0.717) is 170 Å².